The number of hydrogen-bond donors (Lipinski definition) is 1. The molecule has 7 heteroatoms. The van der Waals surface area contributed by atoms with E-state index in [1.54, 1.807) is 34.8 Å². The van der Waals surface area contributed by atoms with Crippen molar-refractivity contribution in [3.8, 4) is 0 Å². The van der Waals surface area contributed by atoms with Crippen molar-refractivity contribution in [2.45, 2.75) is 10.1 Å². The molecule has 0 atom stereocenters. The van der Waals surface area contributed by atoms with Crippen LogP contribution >= 0.6 is 34.4 Å². The summed E-state index contributed by atoms with van der Waals surface area (Å²) in [6, 6.07) is 0. The standard InChI is InChI=1S/C6H6N4S3/c7-5-8-1-4(13-5)2-11-6-10-9-3-12-6/h1,3H,2H2,(H2,7,8). The van der Waals surface area contributed by atoms with Crippen molar-refractivity contribution >= 4 is 39.6 Å². The summed E-state index contributed by atoms with van der Waals surface area (Å²) in [5.74, 6) is 0.865. The minimum atomic E-state index is 0.618. The van der Waals surface area contributed by atoms with Gasteiger partial charge in [0.1, 0.15) is 5.51 Å². The van der Waals surface area contributed by atoms with Gasteiger partial charge in [-0.25, -0.2) is 4.98 Å². The van der Waals surface area contributed by atoms with Gasteiger partial charge in [-0.2, -0.15) is 0 Å². The molecule has 2 N–H and O–H groups in total. The van der Waals surface area contributed by atoms with Gasteiger partial charge in [0, 0.05) is 16.8 Å². The Morgan fingerprint density at radius 1 is 1.54 bits per heavy atom. The van der Waals surface area contributed by atoms with Gasteiger partial charge in [-0.1, -0.05) is 23.1 Å². The average Bonchev–Trinajstić information content (AvgIpc) is 2.71. The van der Waals surface area contributed by atoms with Crippen molar-refractivity contribution in [1.29, 1.82) is 0 Å². The van der Waals surface area contributed by atoms with E-state index in [4.69, 9.17) is 5.73 Å². The van der Waals surface area contributed by atoms with E-state index < -0.39 is 0 Å². The Hall–Kier alpha value is -0.660. The quantitative estimate of drug-likeness (QED) is 0.815. The van der Waals surface area contributed by atoms with Crippen molar-refractivity contribution in [3.05, 3.63) is 16.6 Å². The van der Waals surface area contributed by atoms with E-state index in [-0.39, 0.29) is 0 Å². The number of nitrogen functional groups attached to an aromatic ring is 1. The summed E-state index contributed by atoms with van der Waals surface area (Å²) in [6.07, 6.45) is 1.80. The molecule has 0 aliphatic carbocycles. The fraction of sp³-hybridized carbons (Fsp3) is 0.167. The number of thioether (sulfide) groups is 1. The second kappa shape index (κ2) is 4.03. The van der Waals surface area contributed by atoms with Crippen molar-refractivity contribution < 1.29 is 0 Å². The molecule has 0 bridgehead atoms. The van der Waals surface area contributed by atoms with Crippen LogP contribution in [0.1, 0.15) is 4.88 Å². The lowest BCUT2D eigenvalue weighted by Gasteiger charge is -1.90. The number of nitrogens with two attached hydrogens (primary N) is 1. The molecule has 2 heterocycles. The topological polar surface area (TPSA) is 64.7 Å². The molecule has 0 aliphatic heterocycles. The van der Waals surface area contributed by atoms with Crippen LogP contribution < -0.4 is 5.73 Å². The molecule has 13 heavy (non-hydrogen) atoms. The smallest absolute Gasteiger partial charge is 0.180 e. The lowest BCUT2D eigenvalue weighted by molar-refractivity contribution is 1.01. The maximum Gasteiger partial charge on any atom is 0.180 e. The molecule has 0 aliphatic rings. The highest BCUT2D eigenvalue weighted by molar-refractivity contribution is 8.00. The molecule has 0 unspecified atom stereocenters. The highest BCUT2D eigenvalue weighted by atomic mass is 32.2. The fourth-order valence-corrected chi connectivity index (χ4v) is 2.94. The molecule has 68 valence electrons. The average molecular weight is 230 g/mol. The molecule has 2 aromatic rings. The second-order valence-corrected chi connectivity index (χ2v) is 5.36. The number of rotatable bonds is 3. The largest absolute Gasteiger partial charge is 0.375 e. The third-order valence-corrected chi connectivity index (χ3v) is 4.17. The first-order valence-electron chi connectivity index (χ1n) is 3.44. The van der Waals surface area contributed by atoms with E-state index in [0.29, 0.717) is 5.13 Å². The Bertz CT molecular complexity index is 369. The molecule has 2 rings (SSSR count). The van der Waals surface area contributed by atoms with Crippen LogP contribution in [-0.2, 0) is 5.75 Å². The zero-order valence-electron chi connectivity index (χ0n) is 6.51. The van der Waals surface area contributed by atoms with Crippen molar-refractivity contribution in [1.82, 2.24) is 15.2 Å². The van der Waals surface area contributed by atoms with Crippen LogP contribution in [0.4, 0.5) is 5.13 Å². The molecule has 2 aromatic heterocycles. The summed E-state index contributed by atoms with van der Waals surface area (Å²) >= 11 is 4.71. The second-order valence-electron chi connectivity index (χ2n) is 2.16. The summed E-state index contributed by atoms with van der Waals surface area (Å²) in [5.41, 5.74) is 7.23. The van der Waals surface area contributed by atoms with Crippen LogP contribution in [0.15, 0.2) is 16.0 Å². The molecule has 0 fully saturated rings. The Morgan fingerprint density at radius 3 is 3.08 bits per heavy atom. The zero-order chi connectivity index (χ0) is 9.10. The lowest BCUT2D eigenvalue weighted by atomic mass is 10.6. The molecule has 0 radical (unpaired) electrons. The number of anilines is 1. The maximum atomic E-state index is 5.50. The summed E-state index contributed by atoms with van der Waals surface area (Å²) in [4.78, 5) is 5.13. The van der Waals surface area contributed by atoms with E-state index in [1.807, 2.05) is 0 Å². The van der Waals surface area contributed by atoms with Gasteiger partial charge < -0.3 is 5.73 Å². The SMILES string of the molecule is Nc1ncc(CSc2nncs2)s1. The van der Waals surface area contributed by atoms with Gasteiger partial charge >= 0.3 is 0 Å². The van der Waals surface area contributed by atoms with Gasteiger partial charge in [-0.15, -0.1) is 21.5 Å². The molecule has 0 saturated heterocycles. The van der Waals surface area contributed by atoms with Crippen LogP contribution in [0.25, 0.3) is 0 Å². The van der Waals surface area contributed by atoms with Crippen LogP contribution in [-0.4, -0.2) is 15.2 Å². The third kappa shape index (κ3) is 2.39. The Morgan fingerprint density at radius 2 is 2.46 bits per heavy atom. The first kappa shape index (κ1) is 8.92. The van der Waals surface area contributed by atoms with Gasteiger partial charge in [0.2, 0.25) is 0 Å². The van der Waals surface area contributed by atoms with Crippen LogP contribution in [0.5, 0.6) is 0 Å². The lowest BCUT2D eigenvalue weighted by Crippen LogP contribution is -1.77. The fourth-order valence-electron chi connectivity index (χ4n) is 0.748. The predicted octanol–water partition coefficient (Wildman–Crippen LogP) is 1.87. The van der Waals surface area contributed by atoms with E-state index in [0.717, 1.165) is 15.0 Å². The van der Waals surface area contributed by atoms with Crippen LogP contribution in [0.2, 0.25) is 0 Å². The molecule has 0 amide bonds. The maximum absolute atomic E-state index is 5.50. The summed E-state index contributed by atoms with van der Waals surface area (Å²) in [7, 11) is 0. The molecular weight excluding hydrogens is 224 g/mol. The highest BCUT2D eigenvalue weighted by Crippen LogP contribution is 2.26. The first-order valence-corrected chi connectivity index (χ1v) is 6.12. The summed E-state index contributed by atoms with van der Waals surface area (Å²) < 4.78 is 0.979. The summed E-state index contributed by atoms with van der Waals surface area (Å²) in [5, 5.41) is 8.29. The molecule has 0 spiro atoms. The highest BCUT2D eigenvalue weighted by Gasteiger charge is 2.01. The number of hydrogen-bond acceptors (Lipinski definition) is 7. The molecular formula is C6H6N4S3. The molecule has 0 saturated carbocycles. The molecule has 0 aromatic carbocycles. The Labute approximate surface area is 87.2 Å². The Balaban J connectivity index is 1.93. The van der Waals surface area contributed by atoms with E-state index >= 15 is 0 Å². The normalized spacial score (nSPS) is 10.5. The van der Waals surface area contributed by atoms with E-state index in [9.17, 15) is 0 Å². The Kier molecular flexibility index (Phi) is 2.77. The van der Waals surface area contributed by atoms with E-state index in [2.05, 4.69) is 15.2 Å². The zero-order valence-corrected chi connectivity index (χ0v) is 8.96. The first-order chi connectivity index (χ1) is 6.34. The molecule has 4 nitrogen and oxygen atoms in total. The van der Waals surface area contributed by atoms with Crippen molar-refractivity contribution in [3.63, 3.8) is 0 Å². The predicted molar refractivity (Wildman–Crippen MR) is 56.0 cm³/mol. The monoisotopic (exact) mass is 230 g/mol. The van der Waals surface area contributed by atoms with Gasteiger partial charge in [0.25, 0.3) is 0 Å². The van der Waals surface area contributed by atoms with Crippen molar-refractivity contribution in [2.75, 3.05) is 5.73 Å². The number of aromatic nitrogens is 3. The minimum absolute atomic E-state index is 0.618. The van der Waals surface area contributed by atoms with Crippen LogP contribution in [0, 0.1) is 0 Å². The number of nitrogens with zero attached hydrogens (tertiary/aromatic N) is 3. The van der Waals surface area contributed by atoms with Gasteiger partial charge in [-0.05, 0) is 0 Å². The van der Waals surface area contributed by atoms with Crippen LogP contribution in [0.3, 0.4) is 0 Å². The van der Waals surface area contributed by atoms with E-state index in [1.165, 1.54) is 11.3 Å². The number of thiazole rings is 1. The van der Waals surface area contributed by atoms with Gasteiger partial charge in [0.15, 0.2) is 9.47 Å². The third-order valence-electron chi connectivity index (χ3n) is 1.25. The summed E-state index contributed by atoms with van der Waals surface area (Å²) in [6.45, 7) is 0. The van der Waals surface area contributed by atoms with Crippen molar-refractivity contribution in [2.24, 2.45) is 0 Å². The minimum Gasteiger partial charge on any atom is -0.375 e. The van der Waals surface area contributed by atoms with Gasteiger partial charge in [-0.3, -0.25) is 0 Å². The van der Waals surface area contributed by atoms with Gasteiger partial charge in [0.05, 0.1) is 0 Å².